The molecule has 0 fully saturated rings. The minimum atomic E-state index is -0.217. The van der Waals surface area contributed by atoms with Gasteiger partial charge in [-0.05, 0) is 75.6 Å². The number of aromatic nitrogens is 2. The monoisotopic (exact) mass is 381 g/mol. The molecule has 1 amide bonds. The molecule has 0 bridgehead atoms. The van der Waals surface area contributed by atoms with Crippen LogP contribution >= 0.6 is 0 Å². The van der Waals surface area contributed by atoms with Crippen molar-refractivity contribution in [3.8, 4) is 5.75 Å². The fourth-order valence-corrected chi connectivity index (χ4v) is 3.17. The summed E-state index contributed by atoms with van der Waals surface area (Å²) in [5.41, 5.74) is 4.43. The van der Waals surface area contributed by atoms with Gasteiger partial charge in [0, 0.05) is 18.8 Å². The zero-order chi connectivity index (χ0) is 20.1. The molecule has 6 nitrogen and oxygen atoms in total. The largest absolute Gasteiger partial charge is 0.486 e. The molecule has 2 heterocycles. The van der Waals surface area contributed by atoms with E-state index in [0.29, 0.717) is 18.1 Å². The first-order valence-electron chi connectivity index (χ1n) is 9.50. The molecule has 6 heteroatoms. The fourth-order valence-electron chi connectivity index (χ4n) is 3.17. The number of ether oxygens (including phenoxy) is 1. The Morgan fingerprint density at radius 3 is 2.54 bits per heavy atom. The van der Waals surface area contributed by atoms with Crippen molar-refractivity contribution in [1.82, 2.24) is 15.1 Å². The molecule has 0 unspecified atom stereocenters. The van der Waals surface area contributed by atoms with Gasteiger partial charge in [-0.15, -0.1) is 0 Å². The van der Waals surface area contributed by atoms with E-state index in [2.05, 4.69) is 16.5 Å². The Morgan fingerprint density at radius 2 is 1.86 bits per heavy atom. The van der Waals surface area contributed by atoms with Crippen LogP contribution in [0.15, 0.2) is 40.8 Å². The third-order valence-corrected chi connectivity index (χ3v) is 4.40. The predicted octanol–water partition coefficient (Wildman–Crippen LogP) is 4.11. The van der Waals surface area contributed by atoms with Gasteiger partial charge in [0.25, 0.3) is 5.91 Å². The quantitative estimate of drug-likeness (QED) is 0.596. The lowest BCUT2D eigenvalue weighted by Gasteiger charge is -2.07. The standard InChI is InChI=1S/C22H27N3O3/c1-15-10-16(2)12-20(11-15)27-14-19-6-7-21(28-19)22(26)23-8-5-9-25-18(4)13-17(3)24-25/h6-7,10-13H,5,8-9,14H2,1-4H3,(H,23,26). The molecule has 28 heavy (non-hydrogen) atoms. The number of aryl methyl sites for hydroxylation is 5. The summed E-state index contributed by atoms with van der Waals surface area (Å²) in [6.07, 6.45) is 0.803. The highest BCUT2D eigenvalue weighted by Crippen LogP contribution is 2.18. The van der Waals surface area contributed by atoms with Crippen LogP contribution in [0.1, 0.15) is 45.3 Å². The fraction of sp³-hybridized carbons (Fsp3) is 0.364. The van der Waals surface area contributed by atoms with Gasteiger partial charge in [0.05, 0.1) is 5.69 Å². The molecule has 1 N–H and O–H groups in total. The lowest BCUT2D eigenvalue weighted by atomic mass is 10.1. The molecule has 0 atom stereocenters. The van der Waals surface area contributed by atoms with Crippen LogP contribution in [0, 0.1) is 27.7 Å². The summed E-state index contributed by atoms with van der Waals surface area (Å²) in [4.78, 5) is 12.2. The lowest BCUT2D eigenvalue weighted by Crippen LogP contribution is -2.25. The summed E-state index contributed by atoms with van der Waals surface area (Å²) in [5.74, 6) is 1.49. The maximum Gasteiger partial charge on any atom is 0.286 e. The zero-order valence-electron chi connectivity index (χ0n) is 16.9. The molecule has 1 aromatic carbocycles. The molecule has 0 saturated heterocycles. The Morgan fingerprint density at radius 1 is 1.11 bits per heavy atom. The van der Waals surface area contributed by atoms with Gasteiger partial charge in [-0.1, -0.05) is 6.07 Å². The normalized spacial score (nSPS) is 10.9. The Kier molecular flexibility index (Phi) is 6.19. The molecule has 2 aromatic heterocycles. The van der Waals surface area contributed by atoms with Crippen LogP contribution in [0.5, 0.6) is 5.75 Å². The van der Waals surface area contributed by atoms with Crippen LogP contribution in [-0.4, -0.2) is 22.2 Å². The summed E-state index contributed by atoms with van der Waals surface area (Å²) in [7, 11) is 0. The van der Waals surface area contributed by atoms with Crippen LogP contribution in [0.25, 0.3) is 0 Å². The second-order valence-corrected chi connectivity index (χ2v) is 7.14. The highest BCUT2D eigenvalue weighted by Gasteiger charge is 2.11. The van der Waals surface area contributed by atoms with E-state index in [0.717, 1.165) is 41.2 Å². The summed E-state index contributed by atoms with van der Waals surface area (Å²) in [6, 6.07) is 11.5. The van der Waals surface area contributed by atoms with Crippen molar-refractivity contribution in [2.45, 2.75) is 47.3 Å². The van der Waals surface area contributed by atoms with Gasteiger partial charge in [0.2, 0.25) is 0 Å². The van der Waals surface area contributed by atoms with E-state index in [1.165, 1.54) is 0 Å². The number of amides is 1. The van der Waals surface area contributed by atoms with Crippen molar-refractivity contribution < 1.29 is 13.9 Å². The summed E-state index contributed by atoms with van der Waals surface area (Å²) in [5, 5.41) is 7.30. The van der Waals surface area contributed by atoms with E-state index >= 15 is 0 Å². The first kappa shape index (κ1) is 19.7. The van der Waals surface area contributed by atoms with E-state index < -0.39 is 0 Å². The third kappa shape index (κ3) is 5.25. The van der Waals surface area contributed by atoms with Crippen LogP contribution in [0.3, 0.4) is 0 Å². The number of rotatable bonds is 8. The SMILES string of the molecule is Cc1cc(C)cc(OCc2ccc(C(=O)NCCCn3nc(C)cc3C)o2)c1. The van der Waals surface area contributed by atoms with Gasteiger partial charge in [0.15, 0.2) is 5.76 Å². The van der Waals surface area contributed by atoms with Crippen LogP contribution < -0.4 is 10.1 Å². The van der Waals surface area contributed by atoms with Crippen molar-refractivity contribution in [2.24, 2.45) is 0 Å². The average molecular weight is 381 g/mol. The molecule has 3 aromatic rings. The number of carbonyl (C=O) groups is 1. The second-order valence-electron chi connectivity index (χ2n) is 7.14. The summed E-state index contributed by atoms with van der Waals surface area (Å²) >= 11 is 0. The minimum Gasteiger partial charge on any atom is -0.486 e. The van der Waals surface area contributed by atoms with Gasteiger partial charge in [0.1, 0.15) is 18.1 Å². The predicted molar refractivity (Wildman–Crippen MR) is 108 cm³/mol. The first-order chi connectivity index (χ1) is 13.4. The van der Waals surface area contributed by atoms with Gasteiger partial charge in [-0.3, -0.25) is 9.48 Å². The van der Waals surface area contributed by atoms with Crippen molar-refractivity contribution in [3.63, 3.8) is 0 Å². The number of benzene rings is 1. The molecular formula is C22H27N3O3. The maximum atomic E-state index is 12.2. The van der Waals surface area contributed by atoms with Crippen molar-refractivity contribution in [3.05, 3.63) is 70.4 Å². The van der Waals surface area contributed by atoms with Gasteiger partial charge < -0.3 is 14.5 Å². The van der Waals surface area contributed by atoms with Gasteiger partial charge in [-0.2, -0.15) is 5.10 Å². The summed E-state index contributed by atoms with van der Waals surface area (Å²) < 4.78 is 13.3. The van der Waals surface area contributed by atoms with Gasteiger partial charge in [-0.25, -0.2) is 0 Å². The van der Waals surface area contributed by atoms with E-state index in [-0.39, 0.29) is 12.5 Å². The average Bonchev–Trinajstić information content (AvgIpc) is 3.22. The number of hydrogen-bond donors (Lipinski definition) is 1. The van der Waals surface area contributed by atoms with E-state index in [9.17, 15) is 4.79 Å². The van der Waals surface area contributed by atoms with Crippen LogP contribution in [0.2, 0.25) is 0 Å². The number of nitrogens with zero attached hydrogens (tertiary/aromatic N) is 2. The third-order valence-electron chi connectivity index (χ3n) is 4.40. The van der Waals surface area contributed by atoms with E-state index in [1.54, 1.807) is 12.1 Å². The summed E-state index contributed by atoms with van der Waals surface area (Å²) in [6.45, 7) is 9.69. The van der Waals surface area contributed by atoms with Crippen LogP contribution in [-0.2, 0) is 13.2 Å². The van der Waals surface area contributed by atoms with E-state index in [1.807, 2.05) is 50.6 Å². The van der Waals surface area contributed by atoms with Crippen molar-refractivity contribution in [1.29, 1.82) is 0 Å². The Bertz CT molecular complexity index is 936. The molecule has 0 aliphatic heterocycles. The van der Waals surface area contributed by atoms with E-state index in [4.69, 9.17) is 9.15 Å². The van der Waals surface area contributed by atoms with Crippen molar-refractivity contribution >= 4 is 5.91 Å². The van der Waals surface area contributed by atoms with Crippen LogP contribution in [0.4, 0.5) is 0 Å². The number of nitrogens with one attached hydrogen (secondary N) is 1. The Balaban J connectivity index is 1.45. The maximum absolute atomic E-state index is 12.2. The highest BCUT2D eigenvalue weighted by atomic mass is 16.5. The molecule has 0 aliphatic rings. The second kappa shape index (κ2) is 8.78. The minimum absolute atomic E-state index is 0.217. The lowest BCUT2D eigenvalue weighted by molar-refractivity contribution is 0.0921. The topological polar surface area (TPSA) is 69.3 Å². The molecule has 0 spiro atoms. The molecule has 0 aliphatic carbocycles. The van der Waals surface area contributed by atoms with Gasteiger partial charge >= 0.3 is 0 Å². The number of furan rings is 1. The Labute approximate surface area is 165 Å². The smallest absolute Gasteiger partial charge is 0.286 e. The Hall–Kier alpha value is -3.02. The first-order valence-corrected chi connectivity index (χ1v) is 9.50. The molecule has 3 rings (SSSR count). The number of carbonyl (C=O) groups excluding carboxylic acids is 1. The molecular weight excluding hydrogens is 354 g/mol. The zero-order valence-corrected chi connectivity index (χ0v) is 16.9. The van der Waals surface area contributed by atoms with Crippen molar-refractivity contribution in [2.75, 3.05) is 6.54 Å². The number of hydrogen-bond acceptors (Lipinski definition) is 4. The molecule has 0 saturated carbocycles. The molecule has 148 valence electrons. The molecule has 0 radical (unpaired) electrons. The highest BCUT2D eigenvalue weighted by molar-refractivity contribution is 5.91.